The quantitative estimate of drug-likeness (QED) is 0.356. The van der Waals surface area contributed by atoms with E-state index in [9.17, 15) is 18.0 Å². The Morgan fingerprint density at radius 1 is 1.00 bits per heavy atom. The molecule has 30 heavy (non-hydrogen) atoms. The Morgan fingerprint density at radius 3 is 2.50 bits per heavy atom. The number of nitrogens with zero attached hydrogens (tertiary/aromatic N) is 1. The van der Waals surface area contributed by atoms with Crippen molar-refractivity contribution in [3.8, 4) is 28.4 Å². The molecule has 0 radical (unpaired) electrons. The van der Waals surface area contributed by atoms with Crippen molar-refractivity contribution in [2.24, 2.45) is 4.99 Å². The van der Waals surface area contributed by atoms with Crippen molar-refractivity contribution in [2.45, 2.75) is 6.36 Å². The van der Waals surface area contributed by atoms with Crippen LogP contribution in [-0.2, 0) is 0 Å². The molecule has 1 aliphatic heterocycles. The largest absolute Gasteiger partial charge is 0.573 e. The maximum absolute atomic E-state index is 13.0. The number of benzene rings is 3. The van der Waals surface area contributed by atoms with Crippen LogP contribution in [0.3, 0.4) is 0 Å². The van der Waals surface area contributed by atoms with Crippen molar-refractivity contribution in [3.63, 3.8) is 0 Å². The van der Waals surface area contributed by atoms with Crippen LogP contribution in [0.25, 0.3) is 11.1 Å². The van der Waals surface area contributed by atoms with Crippen molar-refractivity contribution < 1.29 is 32.6 Å². The summed E-state index contributed by atoms with van der Waals surface area (Å²) in [6.07, 6.45) is -3.58. The van der Waals surface area contributed by atoms with Crippen LogP contribution in [0.2, 0.25) is 0 Å². The first-order valence-electron chi connectivity index (χ1n) is 8.65. The van der Waals surface area contributed by atoms with Crippen molar-refractivity contribution in [1.82, 2.24) is 5.48 Å². The van der Waals surface area contributed by atoms with Gasteiger partial charge < -0.3 is 9.47 Å². The molecule has 0 fully saturated rings. The molecule has 0 saturated heterocycles. The lowest BCUT2D eigenvalue weighted by molar-refractivity contribution is -0.275. The van der Waals surface area contributed by atoms with Gasteiger partial charge in [0.2, 0.25) is 0 Å². The van der Waals surface area contributed by atoms with E-state index >= 15 is 0 Å². The molecule has 1 aliphatic rings. The smallest absolute Gasteiger partial charge is 0.450 e. The fourth-order valence-electron chi connectivity index (χ4n) is 3.12. The van der Waals surface area contributed by atoms with E-state index in [1.807, 2.05) is 0 Å². The average molecular weight is 414 g/mol. The molecular weight excluding hydrogens is 401 g/mol. The lowest BCUT2D eigenvalue weighted by Crippen LogP contribution is -2.19. The molecule has 0 spiro atoms. The number of para-hydroxylation sites is 2. The SMILES string of the molecule is O=C(NO)c1ccccc1-c1ccc(OC(F)(F)F)c2c1C=Nc1ccccc1O2. The molecule has 0 bridgehead atoms. The molecule has 2 N–H and O–H groups in total. The Bertz CT molecular complexity index is 1160. The third-order valence-electron chi connectivity index (χ3n) is 4.36. The lowest BCUT2D eigenvalue weighted by atomic mass is 9.94. The molecule has 1 amide bonds. The van der Waals surface area contributed by atoms with Crippen LogP contribution in [0.1, 0.15) is 15.9 Å². The van der Waals surface area contributed by atoms with Crippen molar-refractivity contribution in [3.05, 3.63) is 71.8 Å². The zero-order chi connectivity index (χ0) is 21.3. The number of amides is 1. The standard InChI is InChI=1S/C21H13F3N2O4/c22-21(23,24)30-18-10-9-13(12-5-1-2-6-14(12)20(27)26-28)15-11-25-16-7-3-4-8-17(16)29-19(15)18/h1-11,28H,(H,26,27). The zero-order valence-electron chi connectivity index (χ0n) is 15.1. The van der Waals surface area contributed by atoms with Crippen LogP contribution in [0.15, 0.2) is 65.7 Å². The van der Waals surface area contributed by atoms with Gasteiger partial charge in [0.15, 0.2) is 17.2 Å². The first-order chi connectivity index (χ1) is 14.4. The molecule has 0 aromatic heterocycles. The van der Waals surface area contributed by atoms with E-state index in [2.05, 4.69) is 9.73 Å². The minimum absolute atomic E-state index is 0.113. The van der Waals surface area contributed by atoms with Crippen LogP contribution in [0.4, 0.5) is 18.9 Å². The summed E-state index contributed by atoms with van der Waals surface area (Å²) in [6, 6.07) is 15.4. The van der Waals surface area contributed by atoms with Gasteiger partial charge in [-0.15, -0.1) is 13.2 Å². The van der Waals surface area contributed by atoms with Gasteiger partial charge in [0.1, 0.15) is 5.69 Å². The summed E-state index contributed by atoms with van der Waals surface area (Å²) in [7, 11) is 0. The highest BCUT2D eigenvalue weighted by Gasteiger charge is 2.34. The number of hydroxylamine groups is 1. The summed E-state index contributed by atoms with van der Waals surface area (Å²) in [5, 5.41) is 9.04. The van der Waals surface area contributed by atoms with Crippen LogP contribution in [0, 0.1) is 0 Å². The van der Waals surface area contributed by atoms with Gasteiger partial charge in [-0.25, -0.2) is 5.48 Å². The minimum Gasteiger partial charge on any atom is -0.450 e. The first kappa shape index (κ1) is 19.5. The molecule has 0 aliphatic carbocycles. The Hall–Kier alpha value is -3.85. The Balaban J connectivity index is 1.96. The molecule has 152 valence electrons. The normalized spacial score (nSPS) is 12.3. The minimum atomic E-state index is -4.93. The van der Waals surface area contributed by atoms with E-state index in [0.29, 0.717) is 16.8 Å². The molecule has 9 heteroatoms. The molecule has 0 saturated carbocycles. The van der Waals surface area contributed by atoms with E-state index in [1.165, 1.54) is 18.3 Å². The second-order valence-electron chi connectivity index (χ2n) is 6.22. The number of carbonyl (C=O) groups excluding carboxylic acids is 1. The maximum atomic E-state index is 13.0. The van der Waals surface area contributed by atoms with E-state index < -0.39 is 18.0 Å². The first-order valence-corrected chi connectivity index (χ1v) is 8.65. The van der Waals surface area contributed by atoms with Gasteiger partial charge in [0.25, 0.3) is 5.91 Å². The predicted molar refractivity (Wildman–Crippen MR) is 102 cm³/mol. The molecule has 1 heterocycles. The number of hydrogen-bond acceptors (Lipinski definition) is 5. The number of aliphatic imine (C=N–C) groups is 1. The predicted octanol–water partition coefficient (Wildman–Crippen LogP) is 5.23. The van der Waals surface area contributed by atoms with E-state index in [4.69, 9.17) is 9.94 Å². The molecule has 6 nitrogen and oxygen atoms in total. The molecule has 4 rings (SSSR count). The second kappa shape index (κ2) is 7.53. The van der Waals surface area contributed by atoms with Gasteiger partial charge in [-0.2, -0.15) is 0 Å². The topological polar surface area (TPSA) is 80.2 Å². The number of alkyl halides is 3. The molecule has 0 unspecified atom stereocenters. The Morgan fingerprint density at radius 2 is 1.73 bits per heavy atom. The number of hydrogen-bond donors (Lipinski definition) is 2. The van der Waals surface area contributed by atoms with Gasteiger partial charge >= 0.3 is 6.36 Å². The van der Waals surface area contributed by atoms with Crippen LogP contribution in [-0.4, -0.2) is 23.7 Å². The molecular formula is C21H13F3N2O4. The monoisotopic (exact) mass is 414 g/mol. The van der Waals surface area contributed by atoms with E-state index in [1.54, 1.807) is 47.9 Å². The number of rotatable bonds is 3. The average Bonchev–Trinajstić information content (AvgIpc) is 2.93. The zero-order valence-corrected chi connectivity index (χ0v) is 15.1. The third-order valence-corrected chi connectivity index (χ3v) is 4.36. The van der Waals surface area contributed by atoms with E-state index in [0.717, 1.165) is 6.07 Å². The molecule has 3 aromatic carbocycles. The number of fused-ring (bicyclic) bond motifs is 2. The summed E-state index contributed by atoms with van der Waals surface area (Å²) >= 11 is 0. The van der Waals surface area contributed by atoms with Crippen LogP contribution in [0.5, 0.6) is 17.2 Å². The Kier molecular flexibility index (Phi) is 4.88. The highest BCUT2D eigenvalue weighted by molar-refractivity contribution is 6.04. The number of ether oxygens (including phenoxy) is 2. The summed E-state index contributed by atoms with van der Waals surface area (Å²) in [5.74, 6) is -1.27. The van der Waals surface area contributed by atoms with Crippen molar-refractivity contribution in [1.29, 1.82) is 0 Å². The number of nitrogens with one attached hydrogen (secondary N) is 1. The Labute approximate surface area is 168 Å². The van der Waals surface area contributed by atoms with Gasteiger partial charge in [-0.05, 0) is 41.5 Å². The lowest BCUT2D eigenvalue weighted by Gasteiger charge is -2.18. The van der Waals surface area contributed by atoms with Gasteiger partial charge in [-0.1, -0.05) is 30.3 Å². The fraction of sp³-hybridized carbons (Fsp3) is 0.0476. The van der Waals surface area contributed by atoms with Crippen LogP contribution >= 0.6 is 0 Å². The van der Waals surface area contributed by atoms with Gasteiger partial charge in [0.05, 0.1) is 0 Å². The number of carbonyl (C=O) groups is 1. The summed E-state index contributed by atoms with van der Waals surface area (Å²) in [4.78, 5) is 16.4. The van der Waals surface area contributed by atoms with Gasteiger partial charge in [-0.3, -0.25) is 15.0 Å². The molecule has 3 aromatic rings. The van der Waals surface area contributed by atoms with Crippen molar-refractivity contribution >= 4 is 17.8 Å². The highest BCUT2D eigenvalue weighted by Crippen LogP contribution is 2.46. The van der Waals surface area contributed by atoms with Crippen molar-refractivity contribution in [2.75, 3.05) is 0 Å². The fourth-order valence-corrected chi connectivity index (χ4v) is 3.12. The summed E-state index contributed by atoms with van der Waals surface area (Å²) in [6.45, 7) is 0. The highest BCUT2D eigenvalue weighted by atomic mass is 19.4. The van der Waals surface area contributed by atoms with Gasteiger partial charge in [0, 0.05) is 17.3 Å². The van der Waals surface area contributed by atoms with E-state index in [-0.39, 0.29) is 22.6 Å². The molecule has 0 atom stereocenters. The maximum Gasteiger partial charge on any atom is 0.573 e. The summed E-state index contributed by atoms with van der Waals surface area (Å²) < 4.78 is 48.8. The summed E-state index contributed by atoms with van der Waals surface area (Å²) in [5.41, 5.74) is 3.01. The van der Waals surface area contributed by atoms with Crippen LogP contribution < -0.4 is 15.0 Å². The number of halogens is 3. The second-order valence-corrected chi connectivity index (χ2v) is 6.22. The third kappa shape index (κ3) is 3.70.